The third-order valence-corrected chi connectivity index (χ3v) is 12.1. The molecule has 64 heavy (non-hydrogen) atoms. The Hall–Kier alpha value is -2.70. The fourth-order valence-electron chi connectivity index (χ4n) is 8.02. The molecule has 3 N–H and O–H groups in total. The number of unbranched alkanes of at least 4 members (excludes halogenated alkanes) is 28. The highest BCUT2D eigenvalue weighted by Gasteiger charge is 2.24. The Balaban J connectivity index is 4.65. The minimum atomic E-state index is -0.805. The lowest BCUT2D eigenvalue weighted by molar-refractivity contribution is -0.151. The zero-order valence-electron chi connectivity index (χ0n) is 42.1. The number of esters is 1. The first-order valence-electron chi connectivity index (χ1n) is 27.2. The zero-order valence-corrected chi connectivity index (χ0v) is 42.1. The van der Waals surface area contributed by atoms with E-state index in [0.717, 1.165) is 83.5 Å². The second-order valence-electron chi connectivity index (χ2n) is 18.4. The number of carbonyl (C=O) groups is 2. The summed E-state index contributed by atoms with van der Waals surface area (Å²) in [6.45, 7) is 6.33. The maximum atomic E-state index is 13.2. The molecule has 0 aliphatic heterocycles. The van der Waals surface area contributed by atoms with Gasteiger partial charge in [0.25, 0.3) is 0 Å². The molecule has 0 aliphatic carbocycles. The number of hydrogen-bond acceptors (Lipinski definition) is 5. The van der Waals surface area contributed by atoms with E-state index in [1.807, 2.05) is 24.3 Å². The van der Waals surface area contributed by atoms with Gasteiger partial charge in [0.2, 0.25) is 5.91 Å². The lowest BCUT2D eigenvalue weighted by atomic mass is 10.0. The van der Waals surface area contributed by atoms with E-state index in [1.165, 1.54) is 128 Å². The third-order valence-electron chi connectivity index (χ3n) is 12.1. The fourth-order valence-corrected chi connectivity index (χ4v) is 8.02. The summed E-state index contributed by atoms with van der Waals surface area (Å²) in [6.07, 6.45) is 65.4. The van der Waals surface area contributed by atoms with Crippen LogP contribution in [0.5, 0.6) is 0 Å². The molecule has 0 saturated heterocycles. The molecule has 0 aliphatic rings. The van der Waals surface area contributed by atoms with Gasteiger partial charge in [0, 0.05) is 6.42 Å². The summed E-state index contributed by atoms with van der Waals surface area (Å²) < 4.78 is 5.91. The predicted octanol–water partition coefficient (Wildman–Crippen LogP) is 16.6. The van der Waals surface area contributed by atoms with Gasteiger partial charge in [-0.3, -0.25) is 9.59 Å². The van der Waals surface area contributed by atoms with Crippen molar-refractivity contribution >= 4 is 11.9 Å². The van der Waals surface area contributed by atoms with Gasteiger partial charge in [-0.2, -0.15) is 0 Å². The minimum absolute atomic E-state index is 0.0415. The van der Waals surface area contributed by atoms with Gasteiger partial charge in [-0.15, -0.1) is 0 Å². The minimum Gasteiger partial charge on any atom is -0.462 e. The Kier molecular flexibility index (Phi) is 49.1. The van der Waals surface area contributed by atoms with Crippen LogP contribution in [0.15, 0.2) is 72.9 Å². The molecular formula is C58H103NO5. The van der Waals surface area contributed by atoms with Gasteiger partial charge >= 0.3 is 5.97 Å². The van der Waals surface area contributed by atoms with E-state index in [0.29, 0.717) is 19.3 Å². The van der Waals surface area contributed by atoms with Crippen molar-refractivity contribution in [1.82, 2.24) is 5.32 Å². The normalized spacial score (nSPS) is 13.8. The van der Waals surface area contributed by atoms with Crippen LogP contribution >= 0.6 is 0 Å². The number of carbonyl (C=O) groups excluding carboxylic acids is 2. The smallest absolute Gasteiger partial charge is 0.306 e. The number of nitrogens with one attached hydrogen (secondary N) is 1. The summed E-state index contributed by atoms with van der Waals surface area (Å²) >= 11 is 0. The van der Waals surface area contributed by atoms with Gasteiger partial charge in [-0.1, -0.05) is 248 Å². The number of ether oxygens (including phenoxy) is 1. The van der Waals surface area contributed by atoms with E-state index in [-0.39, 0.29) is 24.9 Å². The largest absolute Gasteiger partial charge is 0.462 e. The van der Waals surface area contributed by atoms with Crippen molar-refractivity contribution in [3.63, 3.8) is 0 Å². The van der Waals surface area contributed by atoms with Gasteiger partial charge in [0.15, 0.2) is 0 Å². The van der Waals surface area contributed by atoms with E-state index in [1.54, 1.807) is 0 Å². The van der Waals surface area contributed by atoms with Gasteiger partial charge in [-0.05, 0) is 70.6 Å². The number of aliphatic hydroxyl groups excluding tert-OH is 2. The summed E-state index contributed by atoms with van der Waals surface area (Å²) in [7, 11) is 0. The molecule has 370 valence electrons. The Bertz CT molecular complexity index is 1190. The molecule has 0 rings (SSSR count). The van der Waals surface area contributed by atoms with Crippen molar-refractivity contribution in [1.29, 1.82) is 0 Å². The van der Waals surface area contributed by atoms with Crippen LogP contribution in [-0.4, -0.2) is 46.9 Å². The van der Waals surface area contributed by atoms with Crippen molar-refractivity contribution in [2.45, 2.75) is 277 Å². The van der Waals surface area contributed by atoms with E-state index in [2.05, 4.69) is 74.7 Å². The number of rotatable bonds is 48. The summed E-state index contributed by atoms with van der Waals surface area (Å²) in [4.78, 5) is 26.2. The van der Waals surface area contributed by atoms with Gasteiger partial charge in [-0.25, -0.2) is 0 Å². The van der Waals surface area contributed by atoms with Crippen LogP contribution in [0.3, 0.4) is 0 Å². The maximum absolute atomic E-state index is 13.2. The molecule has 6 heteroatoms. The Morgan fingerprint density at radius 2 is 0.844 bits per heavy atom. The Morgan fingerprint density at radius 3 is 1.31 bits per heavy atom. The zero-order chi connectivity index (χ0) is 46.7. The molecule has 1 amide bonds. The SMILES string of the molecule is CC/C=C/C=C/C=C\C=C/CCCCCC(=O)OC(CCCCC/C=C/C=C/CCCCCCCCC)CC(=O)NC(CO)C(O)CCCCCCCCCCCCCCCCCC. The van der Waals surface area contributed by atoms with E-state index in [4.69, 9.17) is 4.74 Å². The van der Waals surface area contributed by atoms with Crippen LogP contribution in [0.2, 0.25) is 0 Å². The number of aliphatic hydroxyl groups is 2. The van der Waals surface area contributed by atoms with Gasteiger partial charge in [0.1, 0.15) is 6.10 Å². The first-order chi connectivity index (χ1) is 31.5. The molecule has 0 aromatic heterocycles. The summed E-state index contributed by atoms with van der Waals surface area (Å²) in [5.41, 5.74) is 0. The molecule has 0 fully saturated rings. The molecule has 0 aromatic carbocycles. The first kappa shape index (κ1) is 61.3. The quantitative estimate of drug-likeness (QED) is 0.0321. The summed E-state index contributed by atoms with van der Waals surface area (Å²) in [5.74, 6) is -0.545. The van der Waals surface area contributed by atoms with Crippen LogP contribution < -0.4 is 5.32 Å². The van der Waals surface area contributed by atoms with E-state index < -0.39 is 18.2 Å². The molecule has 0 saturated carbocycles. The van der Waals surface area contributed by atoms with Crippen molar-refractivity contribution in [2.75, 3.05) is 6.61 Å². The molecule has 0 heterocycles. The molecule has 0 aromatic rings. The molecule has 3 atom stereocenters. The van der Waals surface area contributed by atoms with Crippen LogP contribution in [0.4, 0.5) is 0 Å². The van der Waals surface area contributed by atoms with Gasteiger partial charge < -0.3 is 20.3 Å². The van der Waals surface area contributed by atoms with E-state index >= 15 is 0 Å². The number of hydrogen-bond donors (Lipinski definition) is 3. The number of allylic oxidation sites excluding steroid dienone is 12. The van der Waals surface area contributed by atoms with Crippen LogP contribution in [-0.2, 0) is 14.3 Å². The lowest BCUT2D eigenvalue weighted by Crippen LogP contribution is -2.46. The second-order valence-corrected chi connectivity index (χ2v) is 18.4. The first-order valence-corrected chi connectivity index (χ1v) is 27.2. The topological polar surface area (TPSA) is 95.9 Å². The summed E-state index contributed by atoms with van der Waals surface area (Å²) in [5, 5.41) is 23.8. The third kappa shape index (κ3) is 45.9. The predicted molar refractivity (Wildman–Crippen MR) is 278 cm³/mol. The molecule has 3 unspecified atom stereocenters. The lowest BCUT2D eigenvalue weighted by Gasteiger charge is -2.24. The van der Waals surface area contributed by atoms with Crippen molar-refractivity contribution in [3.8, 4) is 0 Å². The van der Waals surface area contributed by atoms with Crippen LogP contribution in [0, 0.1) is 0 Å². The molecule has 6 nitrogen and oxygen atoms in total. The highest BCUT2D eigenvalue weighted by Crippen LogP contribution is 2.17. The molecular weight excluding hydrogens is 791 g/mol. The number of amides is 1. The highest BCUT2D eigenvalue weighted by molar-refractivity contribution is 5.77. The van der Waals surface area contributed by atoms with Crippen LogP contribution in [0.1, 0.15) is 258 Å². The van der Waals surface area contributed by atoms with Crippen molar-refractivity contribution in [2.24, 2.45) is 0 Å². The Labute approximate surface area is 396 Å². The van der Waals surface area contributed by atoms with Gasteiger partial charge in [0.05, 0.1) is 25.2 Å². The van der Waals surface area contributed by atoms with Crippen molar-refractivity contribution < 1.29 is 24.5 Å². The standard InChI is InChI=1S/C58H103NO5/c1-4-7-10-13-16-19-22-25-27-29-32-34-37-40-43-46-49-54(64-58(63)51-48-45-42-39-36-31-24-21-18-15-12-9-6-3)52-57(62)59-55(53-60)56(61)50-47-44-41-38-35-33-30-28-26-23-20-17-14-11-8-5-2/h9,12,15,18,21,24,27,29,31-32,34,36,54-56,60-61H,4-8,10-11,13-14,16-17,19-20,22-23,25-26,28,30,33,35,37-53H2,1-3H3,(H,59,62)/b12-9+,18-15+,24-21-,29-27+,34-32+,36-31-. The molecule has 0 bridgehead atoms. The summed E-state index contributed by atoms with van der Waals surface area (Å²) in [6, 6.07) is -0.722. The molecule has 0 radical (unpaired) electrons. The average Bonchev–Trinajstić information content (AvgIpc) is 3.29. The second kappa shape index (κ2) is 51.3. The Morgan fingerprint density at radius 1 is 0.469 bits per heavy atom. The van der Waals surface area contributed by atoms with Crippen LogP contribution in [0.25, 0.3) is 0 Å². The van der Waals surface area contributed by atoms with E-state index in [9.17, 15) is 19.8 Å². The highest BCUT2D eigenvalue weighted by atomic mass is 16.5. The van der Waals surface area contributed by atoms with Crippen molar-refractivity contribution in [3.05, 3.63) is 72.9 Å². The monoisotopic (exact) mass is 894 g/mol. The fraction of sp³-hybridized carbons (Fsp3) is 0.759. The molecule has 0 spiro atoms. The maximum Gasteiger partial charge on any atom is 0.306 e. The average molecular weight is 894 g/mol.